The lowest BCUT2D eigenvalue weighted by atomic mass is 9.92. The molecule has 0 bridgehead atoms. The van der Waals surface area contributed by atoms with Gasteiger partial charge in [-0.3, -0.25) is 14.5 Å². The number of urea groups is 1. The summed E-state index contributed by atoms with van der Waals surface area (Å²) in [4.78, 5) is 39.7. The van der Waals surface area contributed by atoms with E-state index in [1.54, 1.807) is 24.0 Å². The van der Waals surface area contributed by atoms with Gasteiger partial charge in [-0.25, -0.2) is 4.79 Å². The number of nitrogens with zero attached hydrogens (tertiary/aromatic N) is 2. The van der Waals surface area contributed by atoms with E-state index in [2.05, 4.69) is 5.32 Å². The van der Waals surface area contributed by atoms with Gasteiger partial charge in [-0.2, -0.15) is 0 Å². The van der Waals surface area contributed by atoms with Gasteiger partial charge >= 0.3 is 6.03 Å². The highest BCUT2D eigenvalue weighted by atomic mass is 35.5. The summed E-state index contributed by atoms with van der Waals surface area (Å²) >= 11 is 11.9. The Balaban J connectivity index is 2.27. The summed E-state index contributed by atoms with van der Waals surface area (Å²) < 4.78 is 0. The highest BCUT2D eigenvalue weighted by Crippen LogP contribution is 2.32. The van der Waals surface area contributed by atoms with Gasteiger partial charge in [0, 0.05) is 13.1 Å². The first-order valence-electron chi connectivity index (χ1n) is 7.62. The number of carbonyl (C=O) groups is 3. The molecule has 1 aromatic rings. The number of benzene rings is 1. The molecule has 1 saturated heterocycles. The number of nitrogens with one attached hydrogen (secondary N) is 1. The molecule has 0 unspecified atom stereocenters. The van der Waals surface area contributed by atoms with Crippen LogP contribution in [0.15, 0.2) is 18.2 Å². The minimum absolute atomic E-state index is 0.276. The van der Waals surface area contributed by atoms with Gasteiger partial charge in [-0.15, -0.1) is 0 Å². The predicted molar refractivity (Wildman–Crippen MR) is 92.0 cm³/mol. The average Bonchev–Trinajstić information content (AvgIpc) is 2.75. The SMILES string of the molecule is CCN(CC)C(=O)CN1C(=O)N[C@@](C)(c2ccc(Cl)c(Cl)c2)C1=O. The molecule has 0 radical (unpaired) electrons. The summed E-state index contributed by atoms with van der Waals surface area (Å²) in [5, 5.41) is 3.28. The Kier molecular flexibility index (Phi) is 5.40. The number of hydrogen-bond acceptors (Lipinski definition) is 3. The summed E-state index contributed by atoms with van der Waals surface area (Å²) in [6.07, 6.45) is 0. The Morgan fingerprint density at radius 2 is 1.83 bits per heavy atom. The molecule has 6 nitrogen and oxygen atoms in total. The molecular formula is C16H19Cl2N3O3. The largest absolute Gasteiger partial charge is 0.342 e. The van der Waals surface area contributed by atoms with Crippen molar-refractivity contribution in [2.45, 2.75) is 26.3 Å². The number of carbonyl (C=O) groups excluding carboxylic acids is 3. The van der Waals surface area contributed by atoms with E-state index < -0.39 is 17.5 Å². The van der Waals surface area contributed by atoms with Gasteiger partial charge in [0.2, 0.25) is 5.91 Å². The molecule has 130 valence electrons. The number of amides is 4. The van der Waals surface area contributed by atoms with Crippen LogP contribution in [0.2, 0.25) is 10.0 Å². The Morgan fingerprint density at radius 3 is 2.38 bits per heavy atom. The van der Waals surface area contributed by atoms with Crippen LogP contribution in [0.1, 0.15) is 26.3 Å². The Bertz CT molecular complexity index is 691. The van der Waals surface area contributed by atoms with Crippen LogP contribution in [0.3, 0.4) is 0 Å². The summed E-state index contributed by atoms with van der Waals surface area (Å²) in [6.45, 7) is 6.00. The standard InChI is InChI=1S/C16H19Cl2N3O3/c1-4-20(5-2)13(22)9-21-14(23)16(3,19-15(21)24)10-6-7-11(17)12(18)8-10/h6-8H,4-5,9H2,1-3H3,(H,19,24)/t16-/m0/s1. The molecule has 0 aliphatic carbocycles. The molecule has 1 fully saturated rings. The maximum atomic E-state index is 12.8. The number of likely N-dealkylation sites (N-methyl/N-ethyl adjacent to an activating group) is 1. The normalized spacial score (nSPS) is 20.3. The first-order chi connectivity index (χ1) is 11.2. The third kappa shape index (κ3) is 3.21. The van der Waals surface area contributed by atoms with Crippen LogP contribution < -0.4 is 5.32 Å². The molecule has 0 spiro atoms. The van der Waals surface area contributed by atoms with E-state index in [0.717, 1.165) is 4.90 Å². The van der Waals surface area contributed by atoms with E-state index in [9.17, 15) is 14.4 Å². The second-order valence-electron chi connectivity index (χ2n) is 5.64. The topological polar surface area (TPSA) is 69.7 Å². The molecule has 24 heavy (non-hydrogen) atoms. The minimum Gasteiger partial charge on any atom is -0.342 e. The maximum Gasteiger partial charge on any atom is 0.325 e. The lowest BCUT2D eigenvalue weighted by Crippen LogP contribution is -2.44. The Labute approximate surface area is 150 Å². The molecule has 1 aromatic carbocycles. The van der Waals surface area contributed by atoms with Crippen molar-refractivity contribution in [1.82, 2.24) is 15.1 Å². The first-order valence-corrected chi connectivity index (χ1v) is 8.37. The molecule has 8 heteroatoms. The Hall–Kier alpha value is -1.79. The van der Waals surface area contributed by atoms with Crippen LogP contribution in [0, 0.1) is 0 Å². The monoisotopic (exact) mass is 371 g/mol. The summed E-state index contributed by atoms with van der Waals surface area (Å²) in [6, 6.07) is 4.13. The van der Waals surface area contributed by atoms with Crippen LogP contribution in [-0.2, 0) is 15.1 Å². The summed E-state index contributed by atoms with van der Waals surface area (Å²) in [5.41, 5.74) is -0.775. The number of halogens is 2. The second-order valence-corrected chi connectivity index (χ2v) is 6.46. The van der Waals surface area contributed by atoms with Gasteiger partial charge in [0.15, 0.2) is 0 Å². The quantitative estimate of drug-likeness (QED) is 0.808. The van der Waals surface area contributed by atoms with E-state index in [4.69, 9.17) is 23.2 Å². The molecule has 0 aromatic heterocycles. The van der Waals surface area contributed by atoms with E-state index in [0.29, 0.717) is 23.7 Å². The lowest BCUT2D eigenvalue weighted by molar-refractivity contribution is -0.138. The van der Waals surface area contributed by atoms with Crippen molar-refractivity contribution in [3.8, 4) is 0 Å². The van der Waals surface area contributed by atoms with Crippen molar-refractivity contribution in [2.24, 2.45) is 0 Å². The third-order valence-electron chi connectivity index (χ3n) is 4.18. The molecule has 1 aliphatic rings. The van der Waals surface area contributed by atoms with E-state index in [-0.39, 0.29) is 17.5 Å². The van der Waals surface area contributed by atoms with Crippen molar-refractivity contribution < 1.29 is 14.4 Å². The van der Waals surface area contributed by atoms with E-state index in [1.807, 2.05) is 13.8 Å². The zero-order chi connectivity index (χ0) is 18.1. The smallest absolute Gasteiger partial charge is 0.325 e. The van der Waals surface area contributed by atoms with E-state index >= 15 is 0 Å². The van der Waals surface area contributed by atoms with E-state index in [1.165, 1.54) is 6.07 Å². The van der Waals surface area contributed by atoms with Gasteiger partial charge < -0.3 is 10.2 Å². The van der Waals surface area contributed by atoms with Gasteiger partial charge in [-0.05, 0) is 38.5 Å². The average molecular weight is 372 g/mol. The first kappa shape index (κ1) is 18.5. The fourth-order valence-electron chi connectivity index (χ4n) is 2.65. The highest BCUT2D eigenvalue weighted by molar-refractivity contribution is 6.42. The van der Waals surface area contributed by atoms with Gasteiger partial charge in [0.05, 0.1) is 10.0 Å². The van der Waals surface area contributed by atoms with Gasteiger partial charge in [0.1, 0.15) is 12.1 Å². The van der Waals surface area contributed by atoms with Gasteiger partial charge in [0.25, 0.3) is 5.91 Å². The number of imide groups is 1. The van der Waals surface area contributed by atoms with Crippen molar-refractivity contribution in [1.29, 1.82) is 0 Å². The molecule has 0 saturated carbocycles. The number of hydrogen-bond donors (Lipinski definition) is 1. The summed E-state index contributed by atoms with van der Waals surface area (Å²) in [5.74, 6) is -0.770. The second kappa shape index (κ2) is 6.99. The van der Waals surface area contributed by atoms with Crippen LogP contribution in [0.25, 0.3) is 0 Å². The van der Waals surface area contributed by atoms with Crippen molar-refractivity contribution in [2.75, 3.05) is 19.6 Å². The number of rotatable bonds is 5. The fourth-order valence-corrected chi connectivity index (χ4v) is 2.95. The molecule has 2 rings (SSSR count). The van der Waals surface area contributed by atoms with Gasteiger partial charge in [-0.1, -0.05) is 29.3 Å². The van der Waals surface area contributed by atoms with Crippen LogP contribution in [0.4, 0.5) is 4.79 Å². The molecule has 1 N–H and O–H groups in total. The van der Waals surface area contributed by atoms with Crippen LogP contribution >= 0.6 is 23.2 Å². The van der Waals surface area contributed by atoms with Crippen molar-refractivity contribution in [3.63, 3.8) is 0 Å². The van der Waals surface area contributed by atoms with Crippen molar-refractivity contribution in [3.05, 3.63) is 33.8 Å². The maximum absolute atomic E-state index is 12.8. The molecule has 1 atom stereocenters. The lowest BCUT2D eigenvalue weighted by Gasteiger charge is -2.24. The van der Waals surface area contributed by atoms with Crippen molar-refractivity contribution >= 4 is 41.0 Å². The van der Waals surface area contributed by atoms with Crippen LogP contribution in [-0.4, -0.2) is 47.3 Å². The molecule has 4 amide bonds. The summed E-state index contributed by atoms with van der Waals surface area (Å²) in [7, 11) is 0. The molecular weight excluding hydrogens is 353 g/mol. The highest BCUT2D eigenvalue weighted by Gasteiger charge is 2.49. The van der Waals surface area contributed by atoms with Crippen LogP contribution in [0.5, 0.6) is 0 Å². The predicted octanol–water partition coefficient (Wildman–Crippen LogP) is 2.63. The Morgan fingerprint density at radius 1 is 1.21 bits per heavy atom. The minimum atomic E-state index is -1.28. The zero-order valence-corrected chi connectivity index (χ0v) is 15.2. The molecule has 1 heterocycles. The third-order valence-corrected chi connectivity index (χ3v) is 4.92. The zero-order valence-electron chi connectivity index (χ0n) is 13.7. The molecule has 1 aliphatic heterocycles. The fraction of sp³-hybridized carbons (Fsp3) is 0.438.